The van der Waals surface area contributed by atoms with Gasteiger partial charge in [0.05, 0.1) is 16.8 Å². The molecule has 1 N–H and O–H groups in total. The topological polar surface area (TPSA) is 72.5 Å². The first-order valence-electron chi connectivity index (χ1n) is 7.84. The molecule has 25 heavy (non-hydrogen) atoms. The third-order valence-electron chi connectivity index (χ3n) is 3.96. The molecule has 0 fully saturated rings. The third kappa shape index (κ3) is 3.58. The number of hydrazone groups is 1. The van der Waals surface area contributed by atoms with Gasteiger partial charge in [0.15, 0.2) is 0 Å². The van der Waals surface area contributed by atoms with E-state index in [0.29, 0.717) is 5.69 Å². The van der Waals surface area contributed by atoms with E-state index in [2.05, 4.69) is 40.2 Å². The summed E-state index contributed by atoms with van der Waals surface area (Å²) in [6, 6.07) is 18.4. The zero-order chi connectivity index (χ0) is 17.8. The van der Waals surface area contributed by atoms with Gasteiger partial charge in [-0.1, -0.05) is 18.2 Å². The van der Waals surface area contributed by atoms with E-state index in [1.165, 1.54) is 12.1 Å². The molecule has 2 aromatic carbocycles. The van der Waals surface area contributed by atoms with Crippen LogP contribution in [0, 0.1) is 24.0 Å². The number of aryl methyl sites for hydroxylation is 1. The Labute approximate surface area is 145 Å². The maximum atomic E-state index is 10.7. The van der Waals surface area contributed by atoms with Crippen molar-refractivity contribution in [3.05, 3.63) is 87.7 Å². The van der Waals surface area contributed by atoms with E-state index in [0.717, 1.165) is 22.6 Å². The van der Waals surface area contributed by atoms with Gasteiger partial charge in [0, 0.05) is 34.8 Å². The van der Waals surface area contributed by atoms with Crippen LogP contribution in [-0.2, 0) is 0 Å². The molecule has 3 rings (SSSR count). The second-order valence-corrected chi connectivity index (χ2v) is 5.67. The average Bonchev–Trinajstić information content (AvgIpc) is 2.90. The summed E-state index contributed by atoms with van der Waals surface area (Å²) in [5.74, 6) is 0. The van der Waals surface area contributed by atoms with Crippen molar-refractivity contribution in [2.45, 2.75) is 13.8 Å². The van der Waals surface area contributed by atoms with Crippen molar-refractivity contribution in [3.8, 4) is 5.69 Å². The summed E-state index contributed by atoms with van der Waals surface area (Å²) in [5.41, 5.74) is 7.98. The summed E-state index contributed by atoms with van der Waals surface area (Å²) >= 11 is 0. The average molecular weight is 334 g/mol. The number of anilines is 1. The van der Waals surface area contributed by atoms with E-state index in [1.807, 2.05) is 25.1 Å². The van der Waals surface area contributed by atoms with E-state index in [-0.39, 0.29) is 5.69 Å². The number of nitrogens with zero attached hydrogens (tertiary/aromatic N) is 3. The molecule has 0 aliphatic carbocycles. The molecule has 0 aliphatic heterocycles. The molecular formula is C19H18N4O2. The van der Waals surface area contributed by atoms with Gasteiger partial charge in [-0.25, -0.2) is 0 Å². The maximum Gasteiger partial charge on any atom is 0.269 e. The quantitative estimate of drug-likeness (QED) is 0.426. The minimum absolute atomic E-state index is 0.0564. The summed E-state index contributed by atoms with van der Waals surface area (Å²) in [5, 5.41) is 14.9. The lowest BCUT2D eigenvalue weighted by atomic mass is 10.2. The molecule has 0 saturated heterocycles. The second-order valence-electron chi connectivity index (χ2n) is 5.67. The number of aromatic nitrogens is 1. The molecule has 0 amide bonds. The molecule has 1 aromatic heterocycles. The molecule has 0 unspecified atom stereocenters. The van der Waals surface area contributed by atoms with E-state index in [4.69, 9.17) is 0 Å². The smallest absolute Gasteiger partial charge is 0.269 e. The summed E-state index contributed by atoms with van der Waals surface area (Å²) in [6.07, 6.45) is 1.75. The lowest BCUT2D eigenvalue weighted by Crippen LogP contribution is -1.99. The predicted molar refractivity (Wildman–Crippen MR) is 99.6 cm³/mol. The minimum Gasteiger partial charge on any atom is -0.318 e. The number of rotatable bonds is 5. The van der Waals surface area contributed by atoms with E-state index >= 15 is 0 Å². The normalized spacial score (nSPS) is 11.0. The van der Waals surface area contributed by atoms with Crippen LogP contribution in [0.5, 0.6) is 0 Å². The van der Waals surface area contributed by atoms with Gasteiger partial charge < -0.3 is 4.57 Å². The lowest BCUT2D eigenvalue weighted by molar-refractivity contribution is -0.384. The van der Waals surface area contributed by atoms with Crippen molar-refractivity contribution in [1.82, 2.24) is 4.57 Å². The van der Waals surface area contributed by atoms with Crippen LogP contribution in [-0.4, -0.2) is 15.7 Å². The minimum atomic E-state index is -0.425. The fraction of sp³-hybridized carbons (Fsp3) is 0.105. The number of hydrogen-bond acceptors (Lipinski definition) is 4. The molecule has 0 saturated carbocycles. The molecule has 0 radical (unpaired) electrons. The number of nitro benzene ring substituents is 1. The lowest BCUT2D eigenvalue weighted by Gasteiger charge is -2.09. The van der Waals surface area contributed by atoms with Crippen LogP contribution < -0.4 is 5.43 Å². The number of nitro groups is 1. The van der Waals surface area contributed by atoms with Gasteiger partial charge in [-0.15, -0.1) is 0 Å². The third-order valence-corrected chi connectivity index (χ3v) is 3.96. The Morgan fingerprint density at radius 3 is 2.40 bits per heavy atom. The van der Waals surface area contributed by atoms with Crippen LogP contribution in [0.2, 0.25) is 0 Å². The van der Waals surface area contributed by atoms with Crippen LogP contribution in [0.3, 0.4) is 0 Å². The first-order valence-corrected chi connectivity index (χ1v) is 7.84. The second kappa shape index (κ2) is 7.00. The molecule has 0 bridgehead atoms. The highest BCUT2D eigenvalue weighted by Crippen LogP contribution is 2.20. The number of non-ortho nitro benzene ring substituents is 1. The summed E-state index contributed by atoms with van der Waals surface area (Å²) in [7, 11) is 0. The first-order chi connectivity index (χ1) is 12.1. The van der Waals surface area contributed by atoms with Crippen molar-refractivity contribution in [3.63, 3.8) is 0 Å². The Bertz CT molecular complexity index is 913. The molecule has 1 heterocycles. The Hall–Kier alpha value is -3.41. The predicted octanol–water partition coefficient (Wildman–Crippen LogP) is 4.45. The molecule has 0 atom stereocenters. The van der Waals surface area contributed by atoms with Crippen LogP contribution >= 0.6 is 0 Å². The Morgan fingerprint density at radius 2 is 1.76 bits per heavy atom. The van der Waals surface area contributed by atoms with Gasteiger partial charge >= 0.3 is 0 Å². The van der Waals surface area contributed by atoms with Crippen molar-refractivity contribution in [2.75, 3.05) is 5.43 Å². The monoisotopic (exact) mass is 334 g/mol. The van der Waals surface area contributed by atoms with Crippen molar-refractivity contribution >= 4 is 17.6 Å². The van der Waals surface area contributed by atoms with Crippen LogP contribution in [0.15, 0.2) is 65.8 Å². The summed E-state index contributed by atoms with van der Waals surface area (Å²) in [6.45, 7) is 4.11. The molecule has 0 spiro atoms. The molecular weight excluding hydrogens is 316 g/mol. The maximum absolute atomic E-state index is 10.7. The molecule has 6 nitrogen and oxygen atoms in total. The fourth-order valence-electron chi connectivity index (χ4n) is 2.73. The van der Waals surface area contributed by atoms with E-state index in [1.54, 1.807) is 18.3 Å². The highest BCUT2D eigenvalue weighted by Gasteiger charge is 2.09. The zero-order valence-corrected chi connectivity index (χ0v) is 14.0. The van der Waals surface area contributed by atoms with Crippen LogP contribution in [0.4, 0.5) is 11.4 Å². The number of hydrogen-bond donors (Lipinski definition) is 1. The zero-order valence-electron chi connectivity index (χ0n) is 14.0. The summed E-state index contributed by atoms with van der Waals surface area (Å²) in [4.78, 5) is 10.2. The van der Waals surface area contributed by atoms with Crippen molar-refractivity contribution in [2.24, 2.45) is 5.10 Å². The van der Waals surface area contributed by atoms with E-state index in [9.17, 15) is 10.1 Å². The van der Waals surface area contributed by atoms with Gasteiger partial charge in [0.25, 0.3) is 5.69 Å². The van der Waals surface area contributed by atoms with Crippen LogP contribution in [0.25, 0.3) is 5.69 Å². The Balaban J connectivity index is 1.77. The standard InChI is InChI=1S/C19H18N4O2/c1-14-12-16(15(2)22(14)18-6-4-3-5-7-18)13-20-21-17-8-10-19(11-9-17)23(24)25/h3-13,21H,1-2H3/b20-13-. The van der Waals surface area contributed by atoms with Crippen molar-refractivity contribution in [1.29, 1.82) is 0 Å². The number of benzene rings is 2. The number of nitrogens with one attached hydrogen (secondary N) is 1. The van der Waals surface area contributed by atoms with Gasteiger partial charge in [0.2, 0.25) is 0 Å². The largest absolute Gasteiger partial charge is 0.318 e. The molecule has 6 heteroatoms. The SMILES string of the molecule is Cc1cc(/C=N\Nc2ccc([N+](=O)[O-])cc2)c(C)n1-c1ccccc1. The first kappa shape index (κ1) is 16.4. The van der Waals surface area contributed by atoms with Gasteiger partial charge in [0.1, 0.15) is 0 Å². The van der Waals surface area contributed by atoms with Gasteiger partial charge in [-0.3, -0.25) is 15.5 Å². The molecule has 0 aliphatic rings. The Morgan fingerprint density at radius 1 is 1.08 bits per heavy atom. The van der Waals surface area contributed by atoms with Gasteiger partial charge in [-0.2, -0.15) is 5.10 Å². The van der Waals surface area contributed by atoms with E-state index < -0.39 is 4.92 Å². The fourth-order valence-corrected chi connectivity index (χ4v) is 2.73. The highest BCUT2D eigenvalue weighted by atomic mass is 16.6. The van der Waals surface area contributed by atoms with Gasteiger partial charge in [-0.05, 0) is 44.2 Å². The van der Waals surface area contributed by atoms with Crippen molar-refractivity contribution < 1.29 is 4.92 Å². The number of para-hydroxylation sites is 1. The summed E-state index contributed by atoms with van der Waals surface area (Å²) < 4.78 is 2.17. The Kier molecular flexibility index (Phi) is 4.61. The molecule has 3 aromatic rings. The highest BCUT2D eigenvalue weighted by molar-refractivity contribution is 5.82. The molecule has 126 valence electrons. The van der Waals surface area contributed by atoms with Crippen LogP contribution in [0.1, 0.15) is 17.0 Å².